The lowest BCUT2D eigenvalue weighted by Gasteiger charge is -2.40. The molecule has 2 aromatic rings. The Kier molecular flexibility index (Phi) is 8.68. The Morgan fingerprint density at radius 3 is 2.39 bits per heavy atom. The van der Waals surface area contributed by atoms with Gasteiger partial charge in [-0.2, -0.15) is 0 Å². The van der Waals surface area contributed by atoms with Crippen LogP contribution < -0.4 is 4.74 Å². The van der Waals surface area contributed by atoms with E-state index in [0.29, 0.717) is 30.2 Å². The average molecular weight is 453 g/mol. The fourth-order valence-electron chi connectivity index (χ4n) is 3.60. The zero-order chi connectivity index (χ0) is 22.4. The maximum atomic E-state index is 10.4. The van der Waals surface area contributed by atoms with Crippen molar-refractivity contribution in [2.75, 3.05) is 26.9 Å². The molecule has 7 nitrogen and oxygen atoms in total. The Morgan fingerprint density at radius 2 is 1.71 bits per heavy atom. The SMILES string of the molecule is COCCCOc1ccc(Cc2cc(C3OC(CO)C(O)C(O)C3O)ccc2Cl)cc1. The maximum Gasteiger partial charge on any atom is 0.119 e. The van der Waals surface area contributed by atoms with Crippen LogP contribution in [0.4, 0.5) is 0 Å². The highest BCUT2D eigenvalue weighted by molar-refractivity contribution is 6.31. The summed E-state index contributed by atoms with van der Waals surface area (Å²) in [5, 5.41) is 40.4. The molecule has 1 aliphatic rings. The predicted molar refractivity (Wildman–Crippen MR) is 115 cm³/mol. The maximum absolute atomic E-state index is 10.4. The third-order valence-electron chi connectivity index (χ3n) is 5.37. The monoisotopic (exact) mass is 452 g/mol. The second-order valence-corrected chi connectivity index (χ2v) is 8.02. The van der Waals surface area contributed by atoms with Gasteiger partial charge in [-0.1, -0.05) is 35.9 Å². The van der Waals surface area contributed by atoms with E-state index in [-0.39, 0.29) is 0 Å². The Bertz CT molecular complexity index is 827. The lowest BCUT2D eigenvalue weighted by atomic mass is 9.90. The summed E-state index contributed by atoms with van der Waals surface area (Å²) in [6, 6.07) is 12.9. The third kappa shape index (κ3) is 5.96. The van der Waals surface area contributed by atoms with Crippen LogP contribution in [0.25, 0.3) is 0 Å². The van der Waals surface area contributed by atoms with Crippen molar-refractivity contribution in [3.63, 3.8) is 0 Å². The molecule has 1 heterocycles. The van der Waals surface area contributed by atoms with Gasteiger partial charge in [0, 0.05) is 25.2 Å². The highest BCUT2D eigenvalue weighted by atomic mass is 35.5. The largest absolute Gasteiger partial charge is 0.494 e. The van der Waals surface area contributed by atoms with Gasteiger partial charge in [-0.3, -0.25) is 0 Å². The first-order valence-electron chi connectivity index (χ1n) is 10.2. The van der Waals surface area contributed by atoms with Crippen molar-refractivity contribution >= 4 is 11.6 Å². The number of methoxy groups -OCH3 is 1. The van der Waals surface area contributed by atoms with E-state index in [2.05, 4.69) is 0 Å². The van der Waals surface area contributed by atoms with E-state index in [9.17, 15) is 20.4 Å². The van der Waals surface area contributed by atoms with Crippen LogP contribution in [0.1, 0.15) is 29.2 Å². The quantitative estimate of drug-likeness (QED) is 0.430. The summed E-state index contributed by atoms with van der Waals surface area (Å²) in [4.78, 5) is 0. The first kappa shape index (κ1) is 23.9. The van der Waals surface area contributed by atoms with Crippen LogP contribution in [-0.4, -0.2) is 71.8 Å². The predicted octanol–water partition coefficient (Wildman–Crippen LogP) is 1.86. The average Bonchev–Trinajstić information content (AvgIpc) is 2.78. The van der Waals surface area contributed by atoms with Gasteiger partial charge in [0.05, 0.1) is 13.2 Å². The molecule has 2 aromatic carbocycles. The summed E-state index contributed by atoms with van der Waals surface area (Å²) < 4.78 is 16.3. The molecule has 1 saturated heterocycles. The van der Waals surface area contributed by atoms with Crippen molar-refractivity contribution < 1.29 is 34.6 Å². The third-order valence-corrected chi connectivity index (χ3v) is 5.74. The van der Waals surface area contributed by atoms with Crippen LogP contribution in [0.3, 0.4) is 0 Å². The van der Waals surface area contributed by atoms with Gasteiger partial charge in [0.15, 0.2) is 0 Å². The number of ether oxygens (including phenoxy) is 3. The Hall–Kier alpha value is -1.71. The standard InChI is InChI=1S/C23H29ClO7/c1-29-9-2-10-30-17-6-3-14(4-7-17)11-16-12-15(5-8-18(16)24)23-22(28)21(27)20(26)19(13-25)31-23/h3-8,12,19-23,25-28H,2,9-11,13H2,1H3. The van der Waals surface area contributed by atoms with Crippen molar-refractivity contribution in [2.45, 2.75) is 43.4 Å². The molecule has 0 saturated carbocycles. The molecule has 4 N–H and O–H groups in total. The van der Waals surface area contributed by atoms with E-state index in [4.69, 9.17) is 25.8 Å². The molecule has 5 atom stereocenters. The molecular weight excluding hydrogens is 424 g/mol. The Balaban J connectivity index is 1.71. The van der Waals surface area contributed by atoms with E-state index >= 15 is 0 Å². The highest BCUT2D eigenvalue weighted by Crippen LogP contribution is 2.34. The molecule has 0 radical (unpaired) electrons. The van der Waals surface area contributed by atoms with E-state index in [1.54, 1.807) is 19.2 Å². The Labute approximate surface area is 186 Å². The molecule has 0 spiro atoms. The first-order chi connectivity index (χ1) is 14.9. The summed E-state index contributed by atoms with van der Waals surface area (Å²) in [7, 11) is 1.66. The molecule has 8 heteroatoms. The lowest BCUT2D eigenvalue weighted by molar-refractivity contribution is -0.231. The molecule has 3 rings (SSSR count). The molecule has 5 unspecified atom stereocenters. The second-order valence-electron chi connectivity index (χ2n) is 7.62. The minimum Gasteiger partial charge on any atom is -0.494 e. The molecule has 0 amide bonds. The second kappa shape index (κ2) is 11.2. The molecule has 0 bridgehead atoms. The molecule has 1 fully saturated rings. The Morgan fingerprint density at radius 1 is 0.968 bits per heavy atom. The molecule has 170 valence electrons. The number of hydrogen-bond donors (Lipinski definition) is 4. The van der Waals surface area contributed by atoms with Gasteiger partial charge < -0.3 is 34.6 Å². The molecule has 0 aromatic heterocycles. The van der Waals surface area contributed by atoms with Gasteiger partial charge >= 0.3 is 0 Å². The topological polar surface area (TPSA) is 109 Å². The first-order valence-corrected chi connectivity index (χ1v) is 10.6. The van der Waals surface area contributed by atoms with Crippen molar-refractivity contribution in [3.8, 4) is 5.75 Å². The number of halogens is 1. The van der Waals surface area contributed by atoms with Gasteiger partial charge in [0.2, 0.25) is 0 Å². The van der Waals surface area contributed by atoms with Crippen LogP contribution in [0.15, 0.2) is 42.5 Å². The van der Waals surface area contributed by atoms with E-state index in [1.165, 1.54) is 0 Å². The van der Waals surface area contributed by atoms with Crippen LogP contribution in [-0.2, 0) is 15.9 Å². The summed E-state index contributed by atoms with van der Waals surface area (Å²) in [5.74, 6) is 0.779. The minimum atomic E-state index is -1.42. The van der Waals surface area contributed by atoms with Gasteiger partial charge in [-0.25, -0.2) is 0 Å². The van der Waals surface area contributed by atoms with Crippen molar-refractivity contribution in [1.29, 1.82) is 0 Å². The lowest BCUT2D eigenvalue weighted by Crippen LogP contribution is -2.55. The minimum absolute atomic E-state index is 0.470. The summed E-state index contributed by atoms with van der Waals surface area (Å²) >= 11 is 6.39. The number of hydrogen-bond acceptors (Lipinski definition) is 7. The van der Waals surface area contributed by atoms with Crippen LogP contribution in [0.5, 0.6) is 5.75 Å². The fraction of sp³-hybridized carbons (Fsp3) is 0.478. The normalized spacial score (nSPS) is 26.1. The highest BCUT2D eigenvalue weighted by Gasteiger charge is 2.44. The zero-order valence-corrected chi connectivity index (χ0v) is 18.1. The van der Waals surface area contributed by atoms with Crippen molar-refractivity contribution in [2.24, 2.45) is 0 Å². The summed E-state index contributed by atoms with van der Waals surface area (Å²) in [5.41, 5.74) is 2.45. The van der Waals surface area contributed by atoms with Crippen LogP contribution in [0.2, 0.25) is 5.02 Å². The van der Waals surface area contributed by atoms with Gasteiger partial charge in [0.25, 0.3) is 0 Å². The smallest absolute Gasteiger partial charge is 0.119 e. The number of benzene rings is 2. The van der Waals surface area contributed by atoms with Gasteiger partial charge in [-0.15, -0.1) is 0 Å². The molecule has 31 heavy (non-hydrogen) atoms. The zero-order valence-electron chi connectivity index (χ0n) is 17.4. The summed E-state index contributed by atoms with van der Waals surface area (Å²) in [6.45, 7) is 0.767. The molecular formula is C23H29ClO7. The van der Waals surface area contributed by atoms with E-state index < -0.39 is 37.1 Å². The van der Waals surface area contributed by atoms with Crippen molar-refractivity contribution in [3.05, 3.63) is 64.2 Å². The van der Waals surface area contributed by atoms with E-state index in [1.807, 2.05) is 30.3 Å². The fourth-order valence-corrected chi connectivity index (χ4v) is 3.79. The van der Waals surface area contributed by atoms with Crippen LogP contribution >= 0.6 is 11.6 Å². The van der Waals surface area contributed by atoms with E-state index in [0.717, 1.165) is 23.3 Å². The molecule has 1 aliphatic heterocycles. The number of rotatable bonds is 9. The summed E-state index contributed by atoms with van der Waals surface area (Å²) in [6.07, 6.45) is -4.63. The van der Waals surface area contributed by atoms with Gasteiger partial charge in [-0.05, 0) is 41.3 Å². The molecule has 0 aliphatic carbocycles. The van der Waals surface area contributed by atoms with Crippen molar-refractivity contribution in [1.82, 2.24) is 0 Å². The number of aliphatic hydroxyl groups excluding tert-OH is 4. The number of aliphatic hydroxyl groups is 4. The van der Waals surface area contributed by atoms with Gasteiger partial charge in [0.1, 0.15) is 36.3 Å². The van der Waals surface area contributed by atoms with Crippen LogP contribution in [0, 0.1) is 0 Å².